The average Bonchev–Trinajstić information content (AvgIpc) is 3.03. The average molecular weight is 401 g/mol. The lowest BCUT2D eigenvalue weighted by molar-refractivity contribution is -0.121. The van der Waals surface area contributed by atoms with E-state index in [2.05, 4.69) is 48.3 Å². The smallest absolute Gasteiger partial charge is 0.266 e. The van der Waals surface area contributed by atoms with Crippen LogP contribution in [0.25, 0.3) is 5.57 Å². The molecule has 3 nitrogen and oxygen atoms in total. The lowest BCUT2D eigenvalue weighted by Gasteiger charge is -2.13. The highest BCUT2D eigenvalue weighted by Crippen LogP contribution is 2.34. The molecule has 2 aliphatic rings. The van der Waals surface area contributed by atoms with Gasteiger partial charge in [-0.15, -0.1) is 0 Å². The van der Waals surface area contributed by atoms with Gasteiger partial charge in [0, 0.05) is 7.05 Å². The van der Waals surface area contributed by atoms with Gasteiger partial charge in [0.05, 0.1) is 10.6 Å². The van der Waals surface area contributed by atoms with Crippen LogP contribution in [0.1, 0.15) is 30.9 Å². The van der Waals surface area contributed by atoms with Crippen LogP contribution in [0.2, 0.25) is 0 Å². The minimum atomic E-state index is 0.00973. The van der Waals surface area contributed by atoms with Crippen LogP contribution in [0.4, 0.5) is 5.69 Å². The van der Waals surface area contributed by atoms with E-state index in [1.165, 1.54) is 34.0 Å². The first-order valence-corrected chi connectivity index (χ1v) is 10.8. The molecule has 2 aromatic carbocycles. The Hall–Kier alpha value is -2.85. The van der Waals surface area contributed by atoms with E-state index in [-0.39, 0.29) is 5.91 Å². The number of amidine groups is 1. The number of nitrogens with zero attached hydrogens (tertiary/aromatic N) is 2. The fraction of sp³-hybridized carbons (Fsp3) is 0.200. The summed E-state index contributed by atoms with van der Waals surface area (Å²) in [6, 6.07) is 18.6. The van der Waals surface area contributed by atoms with Crippen molar-refractivity contribution in [2.24, 2.45) is 4.99 Å². The van der Waals surface area contributed by atoms with Crippen LogP contribution < -0.4 is 0 Å². The highest BCUT2D eigenvalue weighted by molar-refractivity contribution is 8.18. The van der Waals surface area contributed by atoms with Crippen molar-refractivity contribution in [1.82, 2.24) is 4.90 Å². The van der Waals surface area contributed by atoms with E-state index >= 15 is 0 Å². The minimum absolute atomic E-state index is 0.00973. The summed E-state index contributed by atoms with van der Waals surface area (Å²) >= 11 is 1.44. The van der Waals surface area contributed by atoms with Crippen molar-refractivity contribution in [2.45, 2.75) is 26.2 Å². The van der Waals surface area contributed by atoms with Crippen molar-refractivity contribution >= 4 is 34.1 Å². The van der Waals surface area contributed by atoms with Crippen LogP contribution >= 0.6 is 11.8 Å². The number of carbonyl (C=O) groups is 1. The molecular formula is C25H24N2OS. The first-order valence-electron chi connectivity index (χ1n) is 9.94. The summed E-state index contributed by atoms with van der Waals surface area (Å²) in [5, 5.41) is 0.719. The van der Waals surface area contributed by atoms with E-state index < -0.39 is 0 Å². The van der Waals surface area contributed by atoms with Crippen LogP contribution in [-0.4, -0.2) is 23.0 Å². The number of allylic oxidation sites excluding steroid dienone is 5. The molecule has 1 fully saturated rings. The number of thioether (sulfide) groups is 1. The van der Waals surface area contributed by atoms with E-state index in [1.54, 1.807) is 11.9 Å². The number of hydrogen-bond acceptors (Lipinski definition) is 3. The Morgan fingerprint density at radius 3 is 2.45 bits per heavy atom. The number of carbonyl (C=O) groups excluding carboxylic acids is 1. The summed E-state index contributed by atoms with van der Waals surface area (Å²) in [4.78, 5) is 19.6. The predicted molar refractivity (Wildman–Crippen MR) is 123 cm³/mol. The van der Waals surface area contributed by atoms with E-state index in [9.17, 15) is 4.79 Å². The summed E-state index contributed by atoms with van der Waals surface area (Å²) in [5.74, 6) is 0.00973. The first-order chi connectivity index (χ1) is 14.1. The zero-order valence-corrected chi connectivity index (χ0v) is 17.6. The number of aryl methyl sites for hydroxylation is 1. The molecule has 1 heterocycles. The molecule has 1 aliphatic carbocycles. The van der Waals surface area contributed by atoms with Crippen LogP contribution in [-0.2, 0) is 11.2 Å². The largest absolute Gasteiger partial charge is 0.290 e. The number of amides is 1. The standard InChI is InChI=1S/C25H24N2OS/c1-3-18-9-13-20(14-10-18)21-15-11-19(12-16-21)17-23-24(28)27(2)25(29-23)26-22-7-5-4-6-8-22/h4-11,13-15,17H,3,12,16H2,1-2H3. The Morgan fingerprint density at radius 1 is 1.03 bits per heavy atom. The number of aliphatic imine (C=N–C) groups is 1. The van der Waals surface area contributed by atoms with Gasteiger partial charge in [-0.2, -0.15) is 0 Å². The second kappa shape index (κ2) is 8.66. The molecule has 0 unspecified atom stereocenters. The molecule has 146 valence electrons. The molecule has 1 saturated heterocycles. The van der Waals surface area contributed by atoms with Crippen molar-refractivity contribution in [3.05, 3.63) is 94.4 Å². The zero-order chi connectivity index (χ0) is 20.2. The van der Waals surface area contributed by atoms with Crippen molar-refractivity contribution in [1.29, 1.82) is 0 Å². The molecule has 0 radical (unpaired) electrons. The molecule has 0 aromatic heterocycles. The van der Waals surface area contributed by atoms with Gasteiger partial charge in [-0.3, -0.25) is 9.69 Å². The van der Waals surface area contributed by atoms with Gasteiger partial charge in [0.15, 0.2) is 5.17 Å². The summed E-state index contributed by atoms with van der Waals surface area (Å²) in [6.07, 6.45) is 9.33. The monoisotopic (exact) mass is 400 g/mol. The molecule has 4 heteroatoms. The molecule has 0 spiro atoms. The third kappa shape index (κ3) is 4.43. The molecule has 4 rings (SSSR count). The maximum atomic E-state index is 12.6. The molecule has 1 amide bonds. The van der Waals surface area contributed by atoms with Gasteiger partial charge in [0.2, 0.25) is 0 Å². The number of rotatable bonds is 4. The highest BCUT2D eigenvalue weighted by Gasteiger charge is 2.30. The van der Waals surface area contributed by atoms with Crippen LogP contribution in [0.3, 0.4) is 0 Å². The summed E-state index contributed by atoms with van der Waals surface area (Å²) < 4.78 is 0. The fourth-order valence-electron chi connectivity index (χ4n) is 3.40. The molecule has 2 aromatic rings. The third-order valence-electron chi connectivity index (χ3n) is 5.22. The van der Waals surface area contributed by atoms with Gasteiger partial charge in [0.25, 0.3) is 5.91 Å². The number of benzene rings is 2. The SMILES string of the molecule is CCc1ccc(C2=CC=C(C=C3SC(=Nc4ccccc4)N(C)C3=O)CC2)cc1. The van der Waals surface area contributed by atoms with Gasteiger partial charge < -0.3 is 0 Å². The van der Waals surface area contributed by atoms with Crippen LogP contribution in [0.15, 0.2) is 88.3 Å². The maximum absolute atomic E-state index is 12.6. The maximum Gasteiger partial charge on any atom is 0.266 e. The summed E-state index contributed by atoms with van der Waals surface area (Å²) in [7, 11) is 1.78. The molecule has 1 aliphatic heterocycles. The van der Waals surface area contributed by atoms with E-state index in [4.69, 9.17) is 0 Å². The second-order valence-electron chi connectivity index (χ2n) is 7.19. The molecule has 29 heavy (non-hydrogen) atoms. The predicted octanol–water partition coefficient (Wildman–Crippen LogP) is 6.13. The number of hydrogen-bond donors (Lipinski definition) is 0. The number of para-hydroxylation sites is 1. The molecule has 0 saturated carbocycles. The van der Waals surface area contributed by atoms with Gasteiger partial charge in [-0.1, -0.05) is 61.5 Å². The lowest BCUT2D eigenvalue weighted by atomic mass is 9.92. The molecular weight excluding hydrogens is 376 g/mol. The number of likely N-dealkylation sites (N-methyl/N-ethyl adjacent to an activating group) is 1. The Balaban J connectivity index is 1.52. The Kier molecular flexibility index (Phi) is 5.81. The lowest BCUT2D eigenvalue weighted by Crippen LogP contribution is -2.23. The molecule has 0 atom stereocenters. The van der Waals surface area contributed by atoms with Crippen molar-refractivity contribution in [3.63, 3.8) is 0 Å². The van der Waals surface area contributed by atoms with Gasteiger partial charge in [-0.25, -0.2) is 4.99 Å². The van der Waals surface area contributed by atoms with Crippen LogP contribution in [0, 0.1) is 0 Å². The zero-order valence-electron chi connectivity index (χ0n) is 16.8. The molecule has 0 bridgehead atoms. The highest BCUT2D eigenvalue weighted by atomic mass is 32.2. The van der Waals surface area contributed by atoms with Crippen molar-refractivity contribution in [3.8, 4) is 0 Å². The summed E-state index contributed by atoms with van der Waals surface area (Å²) in [5.41, 5.74) is 6.04. The van der Waals surface area contributed by atoms with E-state index in [0.717, 1.165) is 35.0 Å². The Labute approximate surface area is 176 Å². The quantitative estimate of drug-likeness (QED) is 0.578. The van der Waals surface area contributed by atoms with Gasteiger partial charge in [0.1, 0.15) is 0 Å². The second-order valence-corrected chi connectivity index (χ2v) is 8.20. The van der Waals surface area contributed by atoms with Gasteiger partial charge in [-0.05, 0) is 71.5 Å². The van der Waals surface area contributed by atoms with Gasteiger partial charge >= 0.3 is 0 Å². The fourth-order valence-corrected chi connectivity index (χ4v) is 4.40. The third-order valence-corrected chi connectivity index (χ3v) is 6.28. The summed E-state index contributed by atoms with van der Waals surface area (Å²) in [6.45, 7) is 2.17. The minimum Gasteiger partial charge on any atom is -0.290 e. The molecule has 0 N–H and O–H groups in total. The Bertz CT molecular complexity index is 1030. The Morgan fingerprint density at radius 2 is 1.79 bits per heavy atom. The van der Waals surface area contributed by atoms with Crippen LogP contribution in [0.5, 0.6) is 0 Å². The van der Waals surface area contributed by atoms with Crippen molar-refractivity contribution in [2.75, 3.05) is 7.05 Å². The normalized spacial score (nSPS) is 19.7. The van der Waals surface area contributed by atoms with Crippen molar-refractivity contribution < 1.29 is 4.79 Å². The topological polar surface area (TPSA) is 32.7 Å². The first kappa shape index (κ1) is 19.5. The van der Waals surface area contributed by atoms with E-state index in [0.29, 0.717) is 0 Å². The van der Waals surface area contributed by atoms with E-state index in [1.807, 2.05) is 36.4 Å².